The van der Waals surface area contributed by atoms with Crippen LogP contribution in [-0.2, 0) is 4.79 Å². The fourth-order valence-corrected chi connectivity index (χ4v) is 2.43. The van der Waals surface area contributed by atoms with Gasteiger partial charge in [-0.2, -0.15) is 0 Å². The van der Waals surface area contributed by atoms with Crippen LogP contribution >= 0.6 is 0 Å². The van der Waals surface area contributed by atoms with Gasteiger partial charge in [-0.05, 0) is 31.6 Å². The molecule has 0 aromatic carbocycles. The molecule has 0 saturated heterocycles. The van der Waals surface area contributed by atoms with Crippen molar-refractivity contribution in [2.75, 3.05) is 0 Å². The van der Waals surface area contributed by atoms with Crippen LogP contribution in [0.4, 0.5) is 0 Å². The Morgan fingerprint density at radius 3 is 3.00 bits per heavy atom. The molecule has 2 unspecified atom stereocenters. The second-order valence-corrected chi connectivity index (χ2v) is 3.96. The highest BCUT2D eigenvalue weighted by Crippen LogP contribution is 2.40. The van der Waals surface area contributed by atoms with Crippen LogP contribution < -0.4 is 0 Å². The van der Waals surface area contributed by atoms with E-state index in [1.54, 1.807) is 0 Å². The number of fused-ring (bicyclic) bond motifs is 2. The Bertz CT molecular complexity index is 188. The summed E-state index contributed by atoms with van der Waals surface area (Å²) < 4.78 is 0. The summed E-state index contributed by atoms with van der Waals surface area (Å²) in [4.78, 5) is 11.3. The largest absolute Gasteiger partial charge is 0.382 e. The van der Waals surface area contributed by atoms with Crippen molar-refractivity contribution < 1.29 is 9.90 Å². The molecular weight excluding hydrogens is 140 g/mol. The SMILES string of the molecule is O=C1CCC2CCCC1(O)C2. The quantitative estimate of drug-likeness (QED) is 0.570. The first-order chi connectivity index (χ1) is 5.21. The third kappa shape index (κ3) is 1.09. The lowest BCUT2D eigenvalue weighted by atomic mass is 9.69. The zero-order chi connectivity index (χ0) is 7.90. The van der Waals surface area contributed by atoms with E-state index in [1.807, 2.05) is 0 Å². The van der Waals surface area contributed by atoms with Crippen molar-refractivity contribution in [2.45, 2.75) is 44.1 Å². The average molecular weight is 154 g/mol. The fourth-order valence-electron chi connectivity index (χ4n) is 2.43. The summed E-state index contributed by atoms with van der Waals surface area (Å²) in [6, 6.07) is 0. The molecule has 2 fully saturated rings. The fraction of sp³-hybridized carbons (Fsp3) is 0.889. The number of rotatable bonds is 0. The lowest BCUT2D eigenvalue weighted by Gasteiger charge is -2.39. The van der Waals surface area contributed by atoms with Crippen LogP contribution in [0.3, 0.4) is 0 Å². The third-order valence-electron chi connectivity index (χ3n) is 3.13. The normalized spacial score (nSPS) is 44.1. The van der Waals surface area contributed by atoms with E-state index in [4.69, 9.17) is 0 Å². The molecule has 2 heteroatoms. The summed E-state index contributed by atoms with van der Waals surface area (Å²) >= 11 is 0. The van der Waals surface area contributed by atoms with Gasteiger partial charge in [0.1, 0.15) is 5.60 Å². The van der Waals surface area contributed by atoms with E-state index in [2.05, 4.69) is 0 Å². The first kappa shape index (κ1) is 7.29. The van der Waals surface area contributed by atoms with Crippen LogP contribution in [0.2, 0.25) is 0 Å². The topological polar surface area (TPSA) is 37.3 Å². The Kier molecular flexibility index (Phi) is 1.53. The van der Waals surface area contributed by atoms with Gasteiger partial charge in [-0.25, -0.2) is 0 Å². The van der Waals surface area contributed by atoms with Gasteiger partial charge in [0, 0.05) is 6.42 Å². The highest BCUT2D eigenvalue weighted by molar-refractivity contribution is 5.87. The molecule has 2 rings (SSSR count). The van der Waals surface area contributed by atoms with Gasteiger partial charge in [-0.15, -0.1) is 0 Å². The number of carbonyl (C=O) groups excluding carboxylic acids is 1. The molecule has 2 aliphatic rings. The molecule has 0 heterocycles. The third-order valence-corrected chi connectivity index (χ3v) is 3.13. The van der Waals surface area contributed by atoms with Crippen molar-refractivity contribution in [3.63, 3.8) is 0 Å². The van der Waals surface area contributed by atoms with Crippen LogP contribution in [0.25, 0.3) is 0 Å². The molecule has 2 nitrogen and oxygen atoms in total. The predicted molar refractivity (Wildman–Crippen MR) is 41.1 cm³/mol. The number of carbonyl (C=O) groups is 1. The second-order valence-electron chi connectivity index (χ2n) is 3.96. The van der Waals surface area contributed by atoms with Crippen molar-refractivity contribution in [1.82, 2.24) is 0 Å². The number of ketones is 1. The van der Waals surface area contributed by atoms with Crippen molar-refractivity contribution in [3.05, 3.63) is 0 Å². The Morgan fingerprint density at radius 1 is 1.45 bits per heavy atom. The summed E-state index contributed by atoms with van der Waals surface area (Å²) in [5.74, 6) is 0.722. The standard InChI is InChI=1S/C9H14O2/c10-8-4-3-7-2-1-5-9(8,11)6-7/h7,11H,1-6H2. The van der Waals surface area contributed by atoms with Crippen molar-refractivity contribution in [3.8, 4) is 0 Å². The molecule has 11 heavy (non-hydrogen) atoms. The number of Topliss-reactive ketones (excluding diaryl/α,β-unsaturated/α-hetero) is 1. The van der Waals surface area contributed by atoms with Crippen LogP contribution in [0.5, 0.6) is 0 Å². The van der Waals surface area contributed by atoms with Gasteiger partial charge in [-0.3, -0.25) is 4.79 Å². The minimum Gasteiger partial charge on any atom is -0.382 e. The zero-order valence-corrected chi connectivity index (χ0v) is 6.68. The first-order valence-corrected chi connectivity index (χ1v) is 4.46. The molecule has 0 spiro atoms. The average Bonchev–Trinajstić information content (AvgIpc) is 1.98. The molecule has 2 bridgehead atoms. The Balaban J connectivity index is 2.19. The highest BCUT2D eigenvalue weighted by atomic mass is 16.3. The molecule has 0 amide bonds. The van der Waals surface area contributed by atoms with Gasteiger partial charge in [0.05, 0.1) is 0 Å². The van der Waals surface area contributed by atoms with E-state index in [1.165, 1.54) is 6.42 Å². The predicted octanol–water partition coefficient (Wildman–Crippen LogP) is 1.27. The van der Waals surface area contributed by atoms with Crippen LogP contribution in [0.15, 0.2) is 0 Å². The van der Waals surface area contributed by atoms with Gasteiger partial charge < -0.3 is 5.11 Å². The summed E-state index contributed by atoms with van der Waals surface area (Å²) in [7, 11) is 0. The molecule has 0 aliphatic heterocycles. The van der Waals surface area contributed by atoms with Crippen LogP contribution in [0.1, 0.15) is 38.5 Å². The Hall–Kier alpha value is -0.370. The van der Waals surface area contributed by atoms with Crippen molar-refractivity contribution in [1.29, 1.82) is 0 Å². The molecule has 62 valence electrons. The van der Waals surface area contributed by atoms with E-state index in [-0.39, 0.29) is 5.78 Å². The van der Waals surface area contributed by atoms with E-state index in [0.29, 0.717) is 18.8 Å². The van der Waals surface area contributed by atoms with Crippen LogP contribution in [-0.4, -0.2) is 16.5 Å². The lowest BCUT2D eigenvalue weighted by Crippen LogP contribution is -2.46. The van der Waals surface area contributed by atoms with Gasteiger partial charge in [0.2, 0.25) is 0 Å². The Labute approximate surface area is 66.6 Å². The molecule has 2 saturated carbocycles. The van der Waals surface area contributed by atoms with E-state index in [0.717, 1.165) is 19.3 Å². The number of aliphatic hydroxyl groups is 1. The number of hydrogen-bond donors (Lipinski definition) is 1. The minimum absolute atomic E-state index is 0.0912. The second kappa shape index (κ2) is 2.31. The molecule has 1 N–H and O–H groups in total. The maximum absolute atomic E-state index is 11.3. The molecular formula is C9H14O2. The van der Waals surface area contributed by atoms with Gasteiger partial charge in [0.25, 0.3) is 0 Å². The molecule has 0 radical (unpaired) electrons. The van der Waals surface area contributed by atoms with Gasteiger partial charge >= 0.3 is 0 Å². The van der Waals surface area contributed by atoms with Crippen LogP contribution in [0, 0.1) is 5.92 Å². The van der Waals surface area contributed by atoms with Gasteiger partial charge in [-0.1, -0.05) is 6.42 Å². The van der Waals surface area contributed by atoms with E-state index in [9.17, 15) is 9.90 Å². The zero-order valence-electron chi connectivity index (χ0n) is 6.68. The van der Waals surface area contributed by atoms with Crippen molar-refractivity contribution in [2.24, 2.45) is 5.92 Å². The van der Waals surface area contributed by atoms with Gasteiger partial charge in [0.15, 0.2) is 5.78 Å². The molecule has 0 aromatic heterocycles. The van der Waals surface area contributed by atoms with E-state index < -0.39 is 5.60 Å². The monoisotopic (exact) mass is 154 g/mol. The highest BCUT2D eigenvalue weighted by Gasteiger charge is 2.43. The lowest BCUT2D eigenvalue weighted by molar-refractivity contribution is -0.147. The minimum atomic E-state index is -0.902. The maximum atomic E-state index is 11.3. The van der Waals surface area contributed by atoms with E-state index >= 15 is 0 Å². The Morgan fingerprint density at radius 2 is 2.27 bits per heavy atom. The molecule has 2 atom stereocenters. The molecule has 0 aromatic rings. The summed E-state index contributed by atoms with van der Waals surface area (Å²) in [5.41, 5.74) is -0.902. The summed E-state index contributed by atoms with van der Waals surface area (Å²) in [6.45, 7) is 0. The number of hydrogen-bond acceptors (Lipinski definition) is 2. The summed E-state index contributed by atoms with van der Waals surface area (Å²) in [6.07, 6.45) is 5.33. The molecule has 2 aliphatic carbocycles. The summed E-state index contributed by atoms with van der Waals surface area (Å²) in [5, 5.41) is 9.82. The first-order valence-electron chi connectivity index (χ1n) is 4.46. The smallest absolute Gasteiger partial charge is 0.164 e. The maximum Gasteiger partial charge on any atom is 0.164 e. The van der Waals surface area contributed by atoms with Crippen molar-refractivity contribution >= 4 is 5.78 Å².